The van der Waals surface area contributed by atoms with Crippen molar-refractivity contribution >= 4 is 5.82 Å². The third kappa shape index (κ3) is 6.30. The Balaban J connectivity index is 1.40. The van der Waals surface area contributed by atoms with E-state index in [1.165, 1.54) is 0 Å². The quantitative estimate of drug-likeness (QED) is 0.361. The van der Waals surface area contributed by atoms with Crippen LogP contribution in [-0.2, 0) is 4.74 Å². The van der Waals surface area contributed by atoms with Gasteiger partial charge in [0.15, 0.2) is 5.82 Å². The number of hydrogen-bond donors (Lipinski definition) is 3. The summed E-state index contributed by atoms with van der Waals surface area (Å²) in [6, 6.07) is 10.1. The standard InChI is InChI=1S/C27H37N7O4/c1-18-26(19(2)38-32-18)24-14-25(33-8-10-34(11-9-33)31-21-7-12-36-16-21)30-27(29-24)20-5-4-6-23(13-20)37-17-22(35)15-28-3/h4-6,13-14,21-22,28,31,35H,7-12,15-17H2,1-3H3. The number of likely N-dealkylation sites (N-methyl/N-ethyl adjacent to an activating group) is 1. The number of nitrogens with zero attached hydrogens (tertiary/aromatic N) is 5. The van der Waals surface area contributed by atoms with Crippen LogP contribution in [0.2, 0.25) is 0 Å². The molecule has 5 rings (SSSR count). The lowest BCUT2D eigenvalue weighted by Gasteiger charge is -2.37. The second-order valence-electron chi connectivity index (χ2n) is 9.85. The normalized spacial score (nSPS) is 19.2. The maximum Gasteiger partial charge on any atom is 0.162 e. The summed E-state index contributed by atoms with van der Waals surface area (Å²) in [4.78, 5) is 12.2. The van der Waals surface area contributed by atoms with Crippen molar-refractivity contribution in [2.45, 2.75) is 32.4 Å². The number of aromatic nitrogens is 3. The molecule has 2 unspecified atom stereocenters. The fraction of sp³-hybridized carbons (Fsp3) is 0.519. The van der Waals surface area contributed by atoms with Crippen LogP contribution in [0, 0.1) is 13.8 Å². The van der Waals surface area contributed by atoms with E-state index >= 15 is 0 Å². The summed E-state index contributed by atoms with van der Waals surface area (Å²) in [6.45, 7) is 9.53. The van der Waals surface area contributed by atoms with E-state index in [4.69, 9.17) is 24.0 Å². The third-order valence-electron chi connectivity index (χ3n) is 6.88. The highest BCUT2D eigenvalue weighted by molar-refractivity contribution is 5.71. The lowest BCUT2D eigenvalue weighted by atomic mass is 10.1. The van der Waals surface area contributed by atoms with Gasteiger partial charge < -0.3 is 29.3 Å². The molecule has 2 fully saturated rings. The Labute approximate surface area is 223 Å². The summed E-state index contributed by atoms with van der Waals surface area (Å²) in [6.07, 6.45) is 0.455. The Morgan fingerprint density at radius 2 is 2.00 bits per heavy atom. The topological polar surface area (TPSA) is 121 Å². The zero-order chi connectivity index (χ0) is 26.5. The van der Waals surface area contributed by atoms with E-state index in [0.717, 1.165) is 79.9 Å². The van der Waals surface area contributed by atoms with Gasteiger partial charge in [0.1, 0.15) is 30.0 Å². The monoisotopic (exact) mass is 523 g/mol. The molecule has 11 nitrogen and oxygen atoms in total. The van der Waals surface area contributed by atoms with Gasteiger partial charge in [0, 0.05) is 57.0 Å². The van der Waals surface area contributed by atoms with Crippen LogP contribution in [0.4, 0.5) is 5.82 Å². The fourth-order valence-corrected chi connectivity index (χ4v) is 4.87. The van der Waals surface area contributed by atoms with Crippen LogP contribution in [-0.4, -0.2) is 97.0 Å². The van der Waals surface area contributed by atoms with Gasteiger partial charge in [0.05, 0.1) is 23.6 Å². The number of anilines is 1. The maximum absolute atomic E-state index is 10.0. The molecule has 2 saturated heterocycles. The van der Waals surface area contributed by atoms with Crippen molar-refractivity contribution in [3.8, 4) is 28.4 Å². The number of nitrogens with one attached hydrogen (secondary N) is 2. The van der Waals surface area contributed by atoms with Crippen molar-refractivity contribution in [1.29, 1.82) is 0 Å². The molecule has 2 aliphatic rings. The minimum atomic E-state index is -0.594. The van der Waals surface area contributed by atoms with E-state index in [1.807, 2.05) is 44.2 Å². The van der Waals surface area contributed by atoms with Gasteiger partial charge in [-0.2, -0.15) is 0 Å². The lowest BCUT2D eigenvalue weighted by Crippen LogP contribution is -2.55. The van der Waals surface area contributed by atoms with Crippen molar-refractivity contribution in [2.24, 2.45) is 0 Å². The summed E-state index contributed by atoms with van der Waals surface area (Å²) in [7, 11) is 1.80. The number of hydrazine groups is 1. The average molecular weight is 524 g/mol. The highest BCUT2D eigenvalue weighted by Gasteiger charge is 2.24. The number of rotatable bonds is 10. The summed E-state index contributed by atoms with van der Waals surface area (Å²) in [5.41, 5.74) is 6.90. The first-order valence-electron chi connectivity index (χ1n) is 13.2. The molecule has 0 radical (unpaired) electrons. The first-order valence-corrected chi connectivity index (χ1v) is 13.2. The van der Waals surface area contributed by atoms with E-state index in [0.29, 0.717) is 24.2 Å². The van der Waals surface area contributed by atoms with E-state index in [9.17, 15) is 5.11 Å². The van der Waals surface area contributed by atoms with E-state index in [2.05, 4.69) is 25.8 Å². The van der Waals surface area contributed by atoms with Crippen LogP contribution in [0.25, 0.3) is 22.6 Å². The van der Waals surface area contributed by atoms with Gasteiger partial charge in [-0.05, 0) is 39.4 Å². The van der Waals surface area contributed by atoms with Crippen LogP contribution in [0.15, 0.2) is 34.9 Å². The van der Waals surface area contributed by atoms with Crippen molar-refractivity contribution in [2.75, 3.05) is 64.5 Å². The number of benzene rings is 1. The molecule has 3 aromatic rings. The van der Waals surface area contributed by atoms with Crippen molar-refractivity contribution in [3.63, 3.8) is 0 Å². The Kier molecular flexibility index (Phi) is 8.50. The molecular formula is C27H37N7O4. The number of ether oxygens (including phenoxy) is 2. The molecule has 204 valence electrons. The Morgan fingerprint density at radius 1 is 1.16 bits per heavy atom. The summed E-state index contributed by atoms with van der Waals surface area (Å²) < 4.78 is 16.8. The molecule has 4 heterocycles. The van der Waals surface area contributed by atoms with Gasteiger partial charge in [-0.3, -0.25) is 0 Å². The van der Waals surface area contributed by atoms with Crippen LogP contribution < -0.4 is 20.4 Å². The van der Waals surface area contributed by atoms with Crippen LogP contribution in [0.5, 0.6) is 5.75 Å². The zero-order valence-corrected chi connectivity index (χ0v) is 22.3. The smallest absolute Gasteiger partial charge is 0.162 e. The van der Waals surface area contributed by atoms with Crippen LogP contribution >= 0.6 is 0 Å². The fourth-order valence-electron chi connectivity index (χ4n) is 4.87. The molecule has 1 aromatic carbocycles. The van der Waals surface area contributed by atoms with Gasteiger partial charge >= 0.3 is 0 Å². The molecule has 0 bridgehead atoms. The maximum atomic E-state index is 10.0. The predicted octanol–water partition coefficient (Wildman–Crippen LogP) is 1.79. The lowest BCUT2D eigenvalue weighted by molar-refractivity contribution is 0.108. The molecule has 11 heteroatoms. The first-order chi connectivity index (χ1) is 18.5. The van der Waals surface area contributed by atoms with Crippen LogP contribution in [0.1, 0.15) is 17.9 Å². The average Bonchev–Trinajstić information content (AvgIpc) is 3.57. The molecule has 0 spiro atoms. The molecule has 0 amide bonds. The number of hydrogen-bond acceptors (Lipinski definition) is 11. The zero-order valence-electron chi connectivity index (χ0n) is 22.3. The molecular weight excluding hydrogens is 486 g/mol. The summed E-state index contributed by atoms with van der Waals surface area (Å²) in [5.74, 6) is 2.84. The van der Waals surface area contributed by atoms with Gasteiger partial charge in [0.2, 0.25) is 0 Å². The molecule has 0 saturated carbocycles. The predicted molar refractivity (Wildman–Crippen MR) is 144 cm³/mol. The van der Waals surface area contributed by atoms with Gasteiger partial charge in [-0.15, -0.1) is 0 Å². The Hall–Kier alpha value is -3.09. The molecule has 0 aliphatic carbocycles. The van der Waals surface area contributed by atoms with Gasteiger partial charge in [-0.1, -0.05) is 17.3 Å². The third-order valence-corrected chi connectivity index (χ3v) is 6.88. The van der Waals surface area contributed by atoms with E-state index in [1.54, 1.807) is 7.05 Å². The Bertz CT molecular complexity index is 1190. The number of aryl methyl sites for hydroxylation is 2. The number of piperazine rings is 1. The van der Waals surface area contributed by atoms with Crippen LogP contribution in [0.3, 0.4) is 0 Å². The number of aliphatic hydroxyl groups excluding tert-OH is 1. The van der Waals surface area contributed by atoms with Crippen molar-refractivity contribution in [3.05, 3.63) is 41.8 Å². The largest absolute Gasteiger partial charge is 0.491 e. The minimum Gasteiger partial charge on any atom is -0.491 e. The summed E-state index contributed by atoms with van der Waals surface area (Å²) >= 11 is 0. The second kappa shape index (κ2) is 12.2. The highest BCUT2D eigenvalue weighted by Crippen LogP contribution is 2.31. The SMILES string of the molecule is CNCC(O)COc1cccc(-c2nc(-c3c(C)noc3C)cc(N3CCN(NC4CCOC4)CC3)n2)c1. The molecule has 3 N–H and O–H groups in total. The molecule has 2 aromatic heterocycles. The molecule has 2 atom stereocenters. The van der Waals surface area contributed by atoms with Crippen molar-refractivity contribution < 1.29 is 19.1 Å². The Morgan fingerprint density at radius 3 is 2.71 bits per heavy atom. The van der Waals surface area contributed by atoms with E-state index in [-0.39, 0.29) is 6.61 Å². The second-order valence-corrected chi connectivity index (χ2v) is 9.85. The highest BCUT2D eigenvalue weighted by atomic mass is 16.5. The van der Waals surface area contributed by atoms with E-state index < -0.39 is 6.10 Å². The minimum absolute atomic E-state index is 0.195. The summed E-state index contributed by atoms with van der Waals surface area (Å²) in [5, 5.41) is 19.4. The molecule has 2 aliphatic heterocycles. The molecule has 38 heavy (non-hydrogen) atoms. The first kappa shape index (κ1) is 26.5. The number of aliphatic hydroxyl groups is 1. The van der Waals surface area contributed by atoms with Crippen molar-refractivity contribution in [1.82, 2.24) is 30.9 Å². The van der Waals surface area contributed by atoms with Gasteiger partial charge in [0.25, 0.3) is 0 Å². The van der Waals surface area contributed by atoms with Gasteiger partial charge in [-0.25, -0.2) is 20.4 Å².